The average molecular weight is 557 g/mol. The molecular formula is C26H35Cl2N3O4S. The van der Waals surface area contributed by atoms with Gasteiger partial charge in [-0.3, -0.25) is 13.9 Å². The Hall–Kier alpha value is -2.29. The first-order valence-corrected chi connectivity index (χ1v) is 14.5. The highest BCUT2D eigenvalue weighted by molar-refractivity contribution is 7.92. The number of aryl methyl sites for hydroxylation is 1. The number of halogens is 2. The molecule has 2 rings (SSSR count). The second-order valence-corrected chi connectivity index (χ2v) is 11.9. The average Bonchev–Trinajstić information content (AvgIpc) is 2.77. The Morgan fingerprint density at radius 1 is 1.06 bits per heavy atom. The molecule has 0 radical (unpaired) electrons. The molecule has 10 heteroatoms. The minimum absolute atomic E-state index is 0.0740. The molecule has 2 amide bonds. The van der Waals surface area contributed by atoms with Crippen molar-refractivity contribution in [1.29, 1.82) is 0 Å². The molecule has 2 aromatic rings. The van der Waals surface area contributed by atoms with Gasteiger partial charge >= 0.3 is 0 Å². The lowest BCUT2D eigenvalue weighted by atomic mass is 10.1. The lowest BCUT2D eigenvalue weighted by Crippen LogP contribution is -2.50. The number of amides is 2. The van der Waals surface area contributed by atoms with Gasteiger partial charge in [-0.15, -0.1) is 0 Å². The van der Waals surface area contributed by atoms with Gasteiger partial charge in [0.15, 0.2) is 0 Å². The van der Waals surface area contributed by atoms with Crippen LogP contribution in [0, 0.1) is 6.92 Å². The zero-order valence-electron chi connectivity index (χ0n) is 21.4. The van der Waals surface area contributed by atoms with Gasteiger partial charge < -0.3 is 10.2 Å². The van der Waals surface area contributed by atoms with Gasteiger partial charge in [0.1, 0.15) is 6.04 Å². The zero-order valence-corrected chi connectivity index (χ0v) is 23.8. The summed E-state index contributed by atoms with van der Waals surface area (Å²) in [5.74, 6) is -0.483. The molecule has 0 unspecified atom stereocenters. The van der Waals surface area contributed by atoms with Crippen LogP contribution in [0.1, 0.15) is 51.2 Å². The van der Waals surface area contributed by atoms with Gasteiger partial charge in [-0.1, -0.05) is 48.3 Å². The van der Waals surface area contributed by atoms with Crippen LogP contribution in [0.2, 0.25) is 10.0 Å². The first-order chi connectivity index (χ1) is 16.8. The van der Waals surface area contributed by atoms with Gasteiger partial charge in [0, 0.05) is 25.6 Å². The number of carbonyl (C=O) groups is 2. The molecule has 0 aliphatic rings. The Morgan fingerprint density at radius 3 is 2.31 bits per heavy atom. The van der Waals surface area contributed by atoms with Crippen LogP contribution < -0.4 is 9.62 Å². The summed E-state index contributed by atoms with van der Waals surface area (Å²) in [7, 11) is -3.54. The minimum atomic E-state index is -3.54. The standard InChI is InChI=1S/C26H35Cl2N3O4S/c1-6-24(26(33)29-18(2)3)30(17-20-12-13-22(27)23(28)16-20)25(32)11-8-14-31(36(5,34)35)21-10-7-9-19(4)15-21/h7,9-10,12-13,15-16,18,24H,6,8,11,14,17H2,1-5H3,(H,29,33)/t24-/m0/s1. The summed E-state index contributed by atoms with van der Waals surface area (Å²) < 4.78 is 26.2. The summed E-state index contributed by atoms with van der Waals surface area (Å²) >= 11 is 12.2. The third-order valence-electron chi connectivity index (χ3n) is 5.60. The molecule has 7 nitrogen and oxygen atoms in total. The Balaban J connectivity index is 2.24. The number of nitrogens with zero attached hydrogens (tertiary/aromatic N) is 2. The predicted molar refractivity (Wildman–Crippen MR) is 147 cm³/mol. The van der Waals surface area contributed by atoms with Gasteiger partial charge in [0.05, 0.1) is 22.0 Å². The highest BCUT2D eigenvalue weighted by atomic mass is 35.5. The second kappa shape index (κ2) is 13.3. The molecule has 0 heterocycles. The molecule has 0 saturated carbocycles. The van der Waals surface area contributed by atoms with Crippen molar-refractivity contribution in [1.82, 2.24) is 10.2 Å². The van der Waals surface area contributed by atoms with Crippen LogP contribution in [-0.4, -0.2) is 50.0 Å². The highest BCUT2D eigenvalue weighted by Crippen LogP contribution is 2.25. The quantitative estimate of drug-likeness (QED) is 0.391. The molecule has 0 aromatic heterocycles. The van der Waals surface area contributed by atoms with E-state index in [9.17, 15) is 18.0 Å². The van der Waals surface area contributed by atoms with Crippen molar-refractivity contribution in [3.05, 3.63) is 63.6 Å². The van der Waals surface area contributed by atoms with Crippen molar-refractivity contribution in [2.75, 3.05) is 17.1 Å². The van der Waals surface area contributed by atoms with Gasteiger partial charge in [-0.2, -0.15) is 0 Å². The molecule has 1 atom stereocenters. The van der Waals surface area contributed by atoms with E-state index in [2.05, 4.69) is 5.32 Å². The number of sulfonamides is 1. The Bertz CT molecular complexity index is 1170. The van der Waals surface area contributed by atoms with Crippen molar-refractivity contribution in [2.24, 2.45) is 0 Å². The Morgan fingerprint density at radius 2 is 1.75 bits per heavy atom. The number of rotatable bonds is 12. The summed E-state index contributed by atoms with van der Waals surface area (Å²) in [5.41, 5.74) is 2.23. The van der Waals surface area contributed by atoms with Crippen LogP contribution in [-0.2, 0) is 26.2 Å². The topological polar surface area (TPSA) is 86.8 Å². The fourth-order valence-corrected chi connectivity index (χ4v) is 5.20. The maximum atomic E-state index is 13.4. The summed E-state index contributed by atoms with van der Waals surface area (Å²) in [6.07, 6.45) is 1.94. The number of anilines is 1. The summed E-state index contributed by atoms with van der Waals surface area (Å²) in [5, 5.41) is 3.66. The van der Waals surface area contributed by atoms with E-state index < -0.39 is 16.1 Å². The first kappa shape index (κ1) is 29.9. The fraction of sp³-hybridized carbons (Fsp3) is 0.462. The smallest absolute Gasteiger partial charge is 0.243 e. The predicted octanol–water partition coefficient (Wildman–Crippen LogP) is 5.18. The van der Waals surface area contributed by atoms with Crippen LogP contribution >= 0.6 is 23.2 Å². The van der Waals surface area contributed by atoms with Crippen LogP contribution in [0.15, 0.2) is 42.5 Å². The van der Waals surface area contributed by atoms with Crippen molar-refractivity contribution in [3.63, 3.8) is 0 Å². The maximum absolute atomic E-state index is 13.4. The van der Waals surface area contributed by atoms with Crippen LogP contribution in [0.4, 0.5) is 5.69 Å². The van der Waals surface area contributed by atoms with Crippen LogP contribution in [0.25, 0.3) is 0 Å². The van der Waals surface area contributed by atoms with Crippen molar-refractivity contribution in [2.45, 2.75) is 65.6 Å². The highest BCUT2D eigenvalue weighted by Gasteiger charge is 2.29. The number of benzene rings is 2. The van der Waals surface area contributed by atoms with Crippen LogP contribution in [0.5, 0.6) is 0 Å². The van der Waals surface area contributed by atoms with E-state index in [0.29, 0.717) is 28.6 Å². The molecule has 0 bridgehead atoms. The van der Waals surface area contributed by atoms with Gasteiger partial charge in [0.2, 0.25) is 21.8 Å². The van der Waals surface area contributed by atoms with E-state index in [0.717, 1.165) is 17.4 Å². The largest absolute Gasteiger partial charge is 0.352 e. The Kier molecular flexibility index (Phi) is 11.1. The van der Waals surface area contributed by atoms with E-state index in [1.807, 2.05) is 33.8 Å². The van der Waals surface area contributed by atoms with Gasteiger partial charge in [-0.05, 0) is 69.0 Å². The third-order valence-corrected chi connectivity index (χ3v) is 7.53. The van der Waals surface area contributed by atoms with E-state index in [1.165, 1.54) is 9.21 Å². The molecule has 0 aliphatic carbocycles. The first-order valence-electron chi connectivity index (χ1n) is 11.9. The SMILES string of the molecule is CC[C@@H](C(=O)NC(C)C)N(Cc1ccc(Cl)c(Cl)c1)C(=O)CCCN(c1cccc(C)c1)S(C)(=O)=O. The molecule has 2 aromatic carbocycles. The van der Waals surface area contributed by atoms with E-state index >= 15 is 0 Å². The third kappa shape index (κ3) is 8.68. The normalized spacial score (nSPS) is 12.3. The number of nitrogens with one attached hydrogen (secondary N) is 1. The molecule has 0 fully saturated rings. The number of hydrogen-bond acceptors (Lipinski definition) is 4. The number of carbonyl (C=O) groups excluding carboxylic acids is 2. The zero-order chi connectivity index (χ0) is 27.0. The lowest BCUT2D eigenvalue weighted by Gasteiger charge is -2.31. The minimum Gasteiger partial charge on any atom is -0.352 e. The molecule has 198 valence electrons. The molecule has 1 N–H and O–H groups in total. The molecule has 36 heavy (non-hydrogen) atoms. The van der Waals surface area contributed by atoms with E-state index in [4.69, 9.17) is 23.2 Å². The lowest BCUT2D eigenvalue weighted by molar-refractivity contribution is -0.141. The molecule has 0 saturated heterocycles. The summed E-state index contributed by atoms with van der Waals surface area (Å²) in [6, 6.07) is 11.6. The van der Waals surface area contributed by atoms with Crippen molar-refractivity contribution in [3.8, 4) is 0 Å². The second-order valence-electron chi connectivity index (χ2n) is 9.14. The van der Waals surface area contributed by atoms with Crippen molar-refractivity contribution < 1.29 is 18.0 Å². The van der Waals surface area contributed by atoms with Crippen LogP contribution in [0.3, 0.4) is 0 Å². The van der Waals surface area contributed by atoms with Gasteiger partial charge in [0.25, 0.3) is 0 Å². The molecule has 0 spiro atoms. The molecule has 0 aliphatic heterocycles. The molecular weight excluding hydrogens is 521 g/mol. The van der Waals surface area contributed by atoms with Crippen molar-refractivity contribution >= 4 is 50.7 Å². The van der Waals surface area contributed by atoms with E-state index in [1.54, 1.807) is 36.4 Å². The number of hydrogen-bond donors (Lipinski definition) is 1. The monoisotopic (exact) mass is 555 g/mol. The van der Waals surface area contributed by atoms with Gasteiger partial charge in [-0.25, -0.2) is 8.42 Å². The summed E-state index contributed by atoms with van der Waals surface area (Å²) in [6.45, 7) is 7.78. The maximum Gasteiger partial charge on any atom is 0.243 e. The fourth-order valence-electron chi connectivity index (χ4n) is 3.92. The Labute approximate surface area is 224 Å². The van der Waals surface area contributed by atoms with E-state index in [-0.39, 0.29) is 37.4 Å². The summed E-state index contributed by atoms with van der Waals surface area (Å²) in [4.78, 5) is 27.9.